The molecule has 118 valence electrons. The number of carbonyl (C=O) groups is 1. The van der Waals surface area contributed by atoms with E-state index >= 15 is 0 Å². The van der Waals surface area contributed by atoms with Gasteiger partial charge >= 0.3 is 0 Å². The van der Waals surface area contributed by atoms with E-state index in [1.54, 1.807) is 6.20 Å². The molecule has 1 aromatic rings. The molecular formula is C15H26N4OS. The highest BCUT2D eigenvalue weighted by molar-refractivity contribution is 7.99. The average Bonchev–Trinajstić information content (AvgIpc) is 2.87. The Morgan fingerprint density at radius 3 is 2.67 bits per heavy atom. The third-order valence-corrected chi connectivity index (χ3v) is 5.14. The van der Waals surface area contributed by atoms with Gasteiger partial charge in [-0.05, 0) is 27.7 Å². The number of nitrogens with one attached hydrogen (secondary N) is 1. The second-order valence-electron chi connectivity index (χ2n) is 6.05. The first kappa shape index (κ1) is 16.4. The molecule has 2 heterocycles. The van der Waals surface area contributed by atoms with E-state index in [1.165, 1.54) is 11.5 Å². The summed E-state index contributed by atoms with van der Waals surface area (Å²) in [6.07, 6.45) is 1.67. The number of aromatic nitrogens is 2. The molecule has 0 unspecified atom stereocenters. The van der Waals surface area contributed by atoms with Crippen LogP contribution < -0.4 is 5.32 Å². The maximum atomic E-state index is 12.3. The Balaban J connectivity index is 1.94. The molecule has 6 heteroatoms. The van der Waals surface area contributed by atoms with Crippen LogP contribution in [0, 0.1) is 6.92 Å². The molecule has 0 atom stereocenters. The lowest BCUT2D eigenvalue weighted by Crippen LogP contribution is -2.54. The minimum atomic E-state index is -0.0216. The summed E-state index contributed by atoms with van der Waals surface area (Å²) >= 11 is 2.00. The minimum Gasteiger partial charge on any atom is -0.350 e. The standard InChI is InChI=1S/C15H26N4OS/c1-5-19-12(2)13(10-17-19)14(20)16-11-15(3,4)18-6-8-21-9-7-18/h10H,5-9,11H2,1-4H3,(H,16,20). The van der Waals surface area contributed by atoms with Crippen molar-refractivity contribution in [3.05, 3.63) is 17.5 Å². The highest BCUT2D eigenvalue weighted by Crippen LogP contribution is 2.19. The van der Waals surface area contributed by atoms with Crippen molar-refractivity contribution < 1.29 is 4.79 Å². The lowest BCUT2D eigenvalue weighted by molar-refractivity contribution is 0.0884. The quantitative estimate of drug-likeness (QED) is 0.900. The van der Waals surface area contributed by atoms with E-state index in [-0.39, 0.29) is 11.4 Å². The van der Waals surface area contributed by atoms with Crippen LogP contribution in [-0.4, -0.2) is 57.3 Å². The van der Waals surface area contributed by atoms with Gasteiger partial charge in [-0.3, -0.25) is 14.4 Å². The number of nitrogens with zero attached hydrogens (tertiary/aromatic N) is 3. The SMILES string of the molecule is CCn1ncc(C(=O)NCC(C)(C)N2CCSCC2)c1C. The fourth-order valence-electron chi connectivity index (χ4n) is 2.66. The molecule has 2 rings (SSSR count). The zero-order chi connectivity index (χ0) is 15.5. The molecule has 1 aliphatic heterocycles. The van der Waals surface area contributed by atoms with Crippen LogP contribution >= 0.6 is 11.8 Å². The number of hydrogen-bond donors (Lipinski definition) is 1. The van der Waals surface area contributed by atoms with Gasteiger partial charge in [0.25, 0.3) is 5.91 Å². The number of aryl methyl sites for hydroxylation is 1. The van der Waals surface area contributed by atoms with E-state index in [1.807, 2.05) is 30.3 Å². The molecular weight excluding hydrogens is 284 g/mol. The molecule has 0 spiro atoms. The summed E-state index contributed by atoms with van der Waals surface area (Å²) in [4.78, 5) is 14.8. The van der Waals surface area contributed by atoms with Gasteiger partial charge in [-0.1, -0.05) is 0 Å². The van der Waals surface area contributed by atoms with E-state index in [4.69, 9.17) is 0 Å². The Labute approximate surface area is 131 Å². The maximum Gasteiger partial charge on any atom is 0.254 e. The van der Waals surface area contributed by atoms with Crippen molar-refractivity contribution in [2.75, 3.05) is 31.1 Å². The first-order valence-electron chi connectivity index (χ1n) is 7.59. The Morgan fingerprint density at radius 2 is 2.10 bits per heavy atom. The van der Waals surface area contributed by atoms with Crippen molar-refractivity contribution in [2.45, 2.75) is 39.8 Å². The summed E-state index contributed by atoms with van der Waals surface area (Å²) in [6.45, 7) is 12.0. The highest BCUT2D eigenvalue weighted by Gasteiger charge is 2.28. The van der Waals surface area contributed by atoms with Crippen LogP contribution in [0.4, 0.5) is 0 Å². The van der Waals surface area contributed by atoms with E-state index < -0.39 is 0 Å². The summed E-state index contributed by atoms with van der Waals surface area (Å²) in [7, 11) is 0. The van der Waals surface area contributed by atoms with Crippen LogP contribution in [-0.2, 0) is 6.54 Å². The van der Waals surface area contributed by atoms with E-state index in [0.717, 1.165) is 25.3 Å². The van der Waals surface area contributed by atoms with Crippen LogP contribution in [0.2, 0.25) is 0 Å². The molecule has 1 saturated heterocycles. The van der Waals surface area contributed by atoms with E-state index in [2.05, 4.69) is 29.2 Å². The summed E-state index contributed by atoms with van der Waals surface area (Å²) in [5, 5.41) is 7.31. The molecule has 1 fully saturated rings. The van der Waals surface area contributed by atoms with Gasteiger partial charge in [0, 0.05) is 48.9 Å². The van der Waals surface area contributed by atoms with E-state index in [9.17, 15) is 4.79 Å². The lowest BCUT2D eigenvalue weighted by Gasteiger charge is -2.40. The third-order valence-electron chi connectivity index (χ3n) is 4.20. The summed E-state index contributed by atoms with van der Waals surface area (Å²) in [5.41, 5.74) is 1.61. The van der Waals surface area contributed by atoms with Crippen molar-refractivity contribution in [1.82, 2.24) is 20.0 Å². The Morgan fingerprint density at radius 1 is 1.43 bits per heavy atom. The van der Waals surface area contributed by atoms with E-state index in [0.29, 0.717) is 12.1 Å². The number of thioether (sulfide) groups is 1. The topological polar surface area (TPSA) is 50.2 Å². The van der Waals surface area contributed by atoms with Crippen LogP contribution in [0.1, 0.15) is 36.8 Å². The molecule has 0 saturated carbocycles. The highest BCUT2D eigenvalue weighted by atomic mass is 32.2. The van der Waals surface area contributed by atoms with Crippen molar-refractivity contribution in [1.29, 1.82) is 0 Å². The molecule has 21 heavy (non-hydrogen) atoms. The van der Waals surface area contributed by atoms with Gasteiger partial charge in [0.05, 0.1) is 11.8 Å². The Bertz CT molecular complexity index is 492. The predicted octanol–water partition coefficient (Wildman–Crippen LogP) is 1.77. The number of amides is 1. The number of rotatable bonds is 5. The van der Waals surface area contributed by atoms with Gasteiger partial charge in [0.15, 0.2) is 0 Å². The molecule has 1 amide bonds. The second kappa shape index (κ2) is 6.83. The Hall–Kier alpha value is -1.01. The smallest absolute Gasteiger partial charge is 0.254 e. The van der Waals surface area contributed by atoms with Crippen LogP contribution in [0.25, 0.3) is 0 Å². The maximum absolute atomic E-state index is 12.3. The van der Waals surface area contributed by atoms with Crippen molar-refractivity contribution in [2.24, 2.45) is 0 Å². The molecule has 1 aromatic heterocycles. The van der Waals surface area contributed by atoms with Gasteiger partial charge < -0.3 is 5.32 Å². The lowest BCUT2D eigenvalue weighted by atomic mass is 10.0. The van der Waals surface area contributed by atoms with Crippen LogP contribution in [0.15, 0.2) is 6.20 Å². The largest absolute Gasteiger partial charge is 0.350 e. The van der Waals surface area contributed by atoms with Crippen molar-refractivity contribution in [3.63, 3.8) is 0 Å². The average molecular weight is 310 g/mol. The van der Waals surface area contributed by atoms with Gasteiger partial charge in [-0.2, -0.15) is 16.9 Å². The van der Waals surface area contributed by atoms with Gasteiger partial charge in [0.1, 0.15) is 0 Å². The summed E-state index contributed by atoms with van der Waals surface area (Å²) in [5.74, 6) is 2.34. The Kier molecular flexibility index (Phi) is 5.32. The first-order chi connectivity index (χ1) is 9.95. The fraction of sp³-hybridized carbons (Fsp3) is 0.733. The van der Waals surface area contributed by atoms with Crippen molar-refractivity contribution in [3.8, 4) is 0 Å². The summed E-state index contributed by atoms with van der Waals surface area (Å²) in [6, 6.07) is 0. The number of carbonyl (C=O) groups excluding carboxylic acids is 1. The van der Waals surface area contributed by atoms with Gasteiger partial charge in [0.2, 0.25) is 0 Å². The monoisotopic (exact) mass is 310 g/mol. The molecule has 5 nitrogen and oxygen atoms in total. The fourth-order valence-corrected chi connectivity index (χ4v) is 3.56. The minimum absolute atomic E-state index is 0.00864. The first-order valence-corrected chi connectivity index (χ1v) is 8.74. The number of hydrogen-bond acceptors (Lipinski definition) is 4. The van der Waals surface area contributed by atoms with Crippen molar-refractivity contribution >= 4 is 17.7 Å². The molecule has 1 N–H and O–H groups in total. The zero-order valence-corrected chi connectivity index (χ0v) is 14.3. The normalized spacial score (nSPS) is 17.0. The molecule has 0 radical (unpaired) electrons. The molecule has 1 aliphatic rings. The molecule has 0 aliphatic carbocycles. The summed E-state index contributed by atoms with van der Waals surface area (Å²) < 4.78 is 1.85. The molecule has 0 aromatic carbocycles. The van der Waals surface area contributed by atoms with Crippen LogP contribution in [0.3, 0.4) is 0 Å². The second-order valence-corrected chi connectivity index (χ2v) is 7.28. The third kappa shape index (κ3) is 3.80. The predicted molar refractivity (Wildman–Crippen MR) is 87.9 cm³/mol. The zero-order valence-electron chi connectivity index (χ0n) is 13.5. The van der Waals surface area contributed by atoms with Gasteiger partial charge in [-0.25, -0.2) is 0 Å². The van der Waals surface area contributed by atoms with Crippen LogP contribution in [0.5, 0.6) is 0 Å². The van der Waals surface area contributed by atoms with Gasteiger partial charge in [-0.15, -0.1) is 0 Å². The molecule has 0 bridgehead atoms.